The first-order valence-corrected chi connectivity index (χ1v) is 11.3. The van der Waals surface area contributed by atoms with Crippen molar-refractivity contribution < 1.29 is 28.9 Å². The molecule has 4 N–H and O–H groups in total. The average molecular weight is 428 g/mol. The molecule has 0 heterocycles. The van der Waals surface area contributed by atoms with Crippen LogP contribution >= 0.6 is 0 Å². The van der Waals surface area contributed by atoms with Gasteiger partial charge in [0.25, 0.3) is 6.43 Å². The lowest BCUT2D eigenvalue weighted by atomic mass is 9.46. The Kier molecular flexibility index (Phi) is 5.45. The minimum atomic E-state index is -2.42. The third kappa shape index (κ3) is 3.03. The topological polar surface area (TPSA) is 89.8 Å². The van der Waals surface area contributed by atoms with E-state index in [1.54, 1.807) is 6.08 Å². The molecule has 0 bridgehead atoms. The molecule has 5 nitrogen and oxygen atoms in total. The van der Waals surface area contributed by atoms with Gasteiger partial charge in [0.05, 0.1) is 24.4 Å². The van der Waals surface area contributed by atoms with Crippen LogP contribution in [0.5, 0.6) is 0 Å². The van der Waals surface area contributed by atoms with E-state index in [0.29, 0.717) is 19.3 Å². The van der Waals surface area contributed by atoms with Crippen LogP contribution in [-0.2, 0) is 4.79 Å². The summed E-state index contributed by atoms with van der Waals surface area (Å²) in [7, 11) is 0. The zero-order chi connectivity index (χ0) is 22.1. The molecule has 3 unspecified atom stereocenters. The predicted octanol–water partition coefficient (Wildman–Crippen LogP) is 2.43. The molecule has 0 radical (unpaired) electrons. The summed E-state index contributed by atoms with van der Waals surface area (Å²) in [6.07, 6.45) is 0.795. The second-order valence-corrected chi connectivity index (χ2v) is 10.7. The Balaban J connectivity index is 1.67. The first-order valence-electron chi connectivity index (χ1n) is 11.3. The van der Waals surface area contributed by atoms with Crippen molar-refractivity contribution >= 4 is 5.78 Å². The molecule has 0 aromatic heterocycles. The maximum atomic E-state index is 13.1. The number of halogens is 2. The van der Waals surface area contributed by atoms with E-state index in [1.807, 2.05) is 20.8 Å². The first kappa shape index (κ1) is 22.3. The first-order chi connectivity index (χ1) is 13.9. The summed E-state index contributed by atoms with van der Waals surface area (Å²) in [5.74, 6) is -0.410. The minimum Gasteiger partial charge on any atom is -0.390 e. The Morgan fingerprint density at radius 2 is 1.87 bits per heavy atom. The minimum absolute atomic E-state index is 0.0245. The van der Waals surface area contributed by atoms with Gasteiger partial charge in [-0.1, -0.05) is 13.8 Å². The molecule has 4 aliphatic carbocycles. The van der Waals surface area contributed by atoms with Gasteiger partial charge in [-0.3, -0.25) is 4.79 Å². The van der Waals surface area contributed by atoms with E-state index in [-0.39, 0.29) is 42.5 Å². The van der Waals surface area contributed by atoms with Crippen molar-refractivity contribution in [1.29, 1.82) is 0 Å². The highest BCUT2D eigenvalue weighted by Crippen LogP contribution is 2.67. The van der Waals surface area contributed by atoms with Crippen molar-refractivity contribution in [3.63, 3.8) is 0 Å². The number of aliphatic hydroxyl groups excluding tert-OH is 2. The number of hydrogen-bond acceptors (Lipinski definition) is 5. The standard InChI is InChI=1S/C23H35F2NO4/c1-12(26-11-20(24)25)13-5-7-23(30)15-8-17(27)16-9-18(28)19(29)10-21(16,2)14(15)4-6-22(13,23)3/h8,12-14,16,18-20,26,28-30H,4-7,9-11H2,1-3H3/t12?,13-,14?,16?,18-,19+,21-,22-,23-/m1/s1. The number of aliphatic hydroxyl groups is 3. The van der Waals surface area contributed by atoms with Crippen LogP contribution in [0, 0.1) is 28.6 Å². The summed E-state index contributed by atoms with van der Waals surface area (Å²) in [6, 6.07) is -0.163. The van der Waals surface area contributed by atoms with E-state index in [9.17, 15) is 28.9 Å². The predicted molar refractivity (Wildman–Crippen MR) is 108 cm³/mol. The van der Waals surface area contributed by atoms with Crippen molar-refractivity contribution in [3.05, 3.63) is 11.6 Å². The van der Waals surface area contributed by atoms with Gasteiger partial charge in [0, 0.05) is 17.4 Å². The Hall–Kier alpha value is -0.890. The van der Waals surface area contributed by atoms with Gasteiger partial charge in [-0.05, 0) is 74.3 Å². The Morgan fingerprint density at radius 1 is 1.17 bits per heavy atom. The van der Waals surface area contributed by atoms with Crippen LogP contribution in [0.3, 0.4) is 0 Å². The maximum Gasteiger partial charge on any atom is 0.250 e. The van der Waals surface area contributed by atoms with Crippen LogP contribution in [0.4, 0.5) is 8.78 Å². The van der Waals surface area contributed by atoms with Gasteiger partial charge in [0.1, 0.15) is 0 Å². The fourth-order valence-electron chi connectivity index (χ4n) is 7.63. The molecule has 0 aromatic carbocycles. The molecule has 3 fully saturated rings. The van der Waals surface area contributed by atoms with E-state index >= 15 is 0 Å². The van der Waals surface area contributed by atoms with E-state index in [2.05, 4.69) is 5.32 Å². The molecular formula is C23H35F2NO4. The fourth-order valence-corrected chi connectivity index (χ4v) is 7.63. The monoisotopic (exact) mass is 427 g/mol. The third-order valence-electron chi connectivity index (χ3n) is 9.39. The molecule has 4 aliphatic rings. The number of hydrogen-bond donors (Lipinski definition) is 4. The molecule has 4 rings (SSSR count). The molecule has 0 spiro atoms. The number of ketones is 1. The van der Waals surface area contributed by atoms with Gasteiger partial charge in [-0.2, -0.15) is 0 Å². The van der Waals surface area contributed by atoms with Gasteiger partial charge in [0.15, 0.2) is 5.78 Å². The maximum absolute atomic E-state index is 13.1. The van der Waals surface area contributed by atoms with Crippen molar-refractivity contribution in [2.75, 3.05) is 6.54 Å². The third-order valence-corrected chi connectivity index (χ3v) is 9.39. The lowest BCUT2D eigenvalue weighted by Crippen LogP contribution is -2.61. The van der Waals surface area contributed by atoms with Gasteiger partial charge in [-0.25, -0.2) is 8.78 Å². The quantitative estimate of drug-likeness (QED) is 0.553. The number of alkyl halides is 2. The summed E-state index contributed by atoms with van der Waals surface area (Å²) in [6.45, 7) is 5.61. The van der Waals surface area contributed by atoms with E-state index in [0.717, 1.165) is 18.4 Å². The highest BCUT2D eigenvalue weighted by molar-refractivity contribution is 5.95. The summed E-state index contributed by atoms with van der Waals surface area (Å²) in [5, 5.41) is 35.4. The number of carbonyl (C=O) groups is 1. The van der Waals surface area contributed by atoms with Gasteiger partial charge in [-0.15, -0.1) is 0 Å². The lowest BCUT2D eigenvalue weighted by Gasteiger charge is -2.60. The zero-order valence-corrected chi connectivity index (χ0v) is 18.1. The summed E-state index contributed by atoms with van der Waals surface area (Å²) >= 11 is 0. The second kappa shape index (κ2) is 7.32. The highest BCUT2D eigenvalue weighted by atomic mass is 19.3. The summed E-state index contributed by atoms with van der Waals surface area (Å²) < 4.78 is 25.4. The van der Waals surface area contributed by atoms with Crippen LogP contribution in [0.15, 0.2) is 11.6 Å². The molecule has 7 heteroatoms. The SMILES string of the molecule is CC(NCC(F)F)[C@H]1CC[C@@]2(O)C3=CC(=O)C4C[C@@H](O)[C@@H](O)C[C@]4(C)C3CC[C@]12C. The van der Waals surface area contributed by atoms with Crippen LogP contribution in [0.2, 0.25) is 0 Å². The van der Waals surface area contributed by atoms with E-state index in [4.69, 9.17) is 0 Å². The molecule has 3 saturated carbocycles. The van der Waals surface area contributed by atoms with Crippen molar-refractivity contribution in [2.45, 2.75) is 89.6 Å². The van der Waals surface area contributed by atoms with Crippen LogP contribution in [0.1, 0.15) is 59.3 Å². The molecule has 0 aliphatic heterocycles. The number of nitrogens with one attached hydrogen (secondary N) is 1. The molecule has 30 heavy (non-hydrogen) atoms. The Morgan fingerprint density at radius 3 is 2.53 bits per heavy atom. The smallest absolute Gasteiger partial charge is 0.250 e. The van der Waals surface area contributed by atoms with Gasteiger partial charge < -0.3 is 20.6 Å². The van der Waals surface area contributed by atoms with Crippen LogP contribution in [0.25, 0.3) is 0 Å². The van der Waals surface area contributed by atoms with Crippen molar-refractivity contribution in [3.8, 4) is 0 Å². The lowest BCUT2D eigenvalue weighted by molar-refractivity contribution is -0.152. The molecule has 0 aromatic rings. The normalized spacial score (nSPS) is 49.3. The fraction of sp³-hybridized carbons (Fsp3) is 0.870. The molecular weight excluding hydrogens is 392 g/mol. The Labute approximate surface area is 176 Å². The van der Waals surface area contributed by atoms with Gasteiger partial charge >= 0.3 is 0 Å². The Bertz CT molecular complexity index is 745. The van der Waals surface area contributed by atoms with Crippen LogP contribution in [-0.4, -0.2) is 57.9 Å². The molecule has 0 amide bonds. The summed E-state index contributed by atoms with van der Waals surface area (Å²) in [4.78, 5) is 13.1. The zero-order valence-electron chi connectivity index (χ0n) is 18.1. The highest BCUT2D eigenvalue weighted by Gasteiger charge is 2.66. The number of rotatable bonds is 4. The molecule has 170 valence electrons. The number of fused-ring (bicyclic) bond motifs is 5. The second-order valence-electron chi connectivity index (χ2n) is 10.7. The van der Waals surface area contributed by atoms with Crippen LogP contribution < -0.4 is 5.32 Å². The number of carbonyl (C=O) groups excluding carboxylic acids is 1. The van der Waals surface area contributed by atoms with Gasteiger partial charge in [0.2, 0.25) is 0 Å². The largest absolute Gasteiger partial charge is 0.390 e. The molecule has 9 atom stereocenters. The molecule has 0 saturated heterocycles. The summed E-state index contributed by atoms with van der Waals surface area (Å²) in [5.41, 5.74) is -1.37. The number of allylic oxidation sites excluding steroid dienone is 1. The van der Waals surface area contributed by atoms with E-state index < -0.39 is 35.1 Å². The van der Waals surface area contributed by atoms with Crippen molar-refractivity contribution in [1.82, 2.24) is 5.32 Å². The van der Waals surface area contributed by atoms with E-state index in [1.165, 1.54) is 0 Å². The van der Waals surface area contributed by atoms with Crippen molar-refractivity contribution in [2.24, 2.45) is 28.6 Å². The average Bonchev–Trinajstić information content (AvgIpc) is 2.94.